The van der Waals surface area contributed by atoms with Crippen LogP contribution in [0.3, 0.4) is 0 Å². The van der Waals surface area contributed by atoms with Crippen LogP contribution in [0.25, 0.3) is 0 Å². The van der Waals surface area contributed by atoms with Gasteiger partial charge in [-0.3, -0.25) is 4.79 Å². The molecule has 184 valence electrons. The van der Waals surface area contributed by atoms with Crippen molar-refractivity contribution in [3.05, 3.63) is 0 Å². The van der Waals surface area contributed by atoms with E-state index in [9.17, 15) is 27.5 Å². The summed E-state index contributed by atoms with van der Waals surface area (Å²) in [5, 5.41) is 10.3. The van der Waals surface area contributed by atoms with E-state index in [1.807, 2.05) is 6.92 Å². The smallest absolute Gasteiger partial charge is 0.417 e. The lowest BCUT2D eigenvalue weighted by atomic mass is 9.48. The summed E-state index contributed by atoms with van der Waals surface area (Å²) in [5.74, 6) is 1.45. The second kappa shape index (κ2) is 8.42. The Labute approximate surface area is 188 Å². The topological polar surface area (TPSA) is 46.5 Å². The van der Waals surface area contributed by atoms with Crippen molar-refractivity contribution in [3.8, 4) is 0 Å². The molecule has 3 nitrogen and oxygen atoms in total. The van der Waals surface area contributed by atoms with E-state index in [1.165, 1.54) is 6.92 Å². The zero-order valence-electron chi connectivity index (χ0n) is 19.5. The van der Waals surface area contributed by atoms with Gasteiger partial charge in [0, 0.05) is 6.92 Å². The van der Waals surface area contributed by atoms with E-state index in [0.717, 1.165) is 38.5 Å². The molecule has 0 amide bonds. The van der Waals surface area contributed by atoms with Crippen LogP contribution in [0.4, 0.5) is 17.6 Å². The van der Waals surface area contributed by atoms with Gasteiger partial charge in [0.15, 0.2) is 5.60 Å². The number of fused-ring (bicyclic) bond motifs is 5. The van der Waals surface area contributed by atoms with Crippen molar-refractivity contribution in [1.82, 2.24) is 0 Å². The summed E-state index contributed by atoms with van der Waals surface area (Å²) in [6, 6.07) is 0. The molecular weight excluding hydrogens is 424 g/mol. The third-order valence-corrected chi connectivity index (χ3v) is 10.3. The highest BCUT2D eigenvalue weighted by Crippen LogP contribution is 2.66. The molecule has 0 unspecified atom stereocenters. The molecule has 0 aliphatic heterocycles. The Morgan fingerprint density at radius 1 is 1.06 bits per heavy atom. The lowest BCUT2D eigenvalue weighted by Gasteiger charge is -2.57. The Hall–Kier alpha value is -0.850. The van der Waals surface area contributed by atoms with E-state index in [1.54, 1.807) is 0 Å². The van der Waals surface area contributed by atoms with E-state index in [2.05, 4.69) is 6.92 Å². The normalized spacial score (nSPS) is 45.9. The number of ether oxygens (including phenoxy) is 1. The third kappa shape index (κ3) is 3.88. The summed E-state index contributed by atoms with van der Waals surface area (Å²) in [4.78, 5) is 11.4. The van der Waals surface area contributed by atoms with Gasteiger partial charge in [-0.25, -0.2) is 4.39 Å². The van der Waals surface area contributed by atoms with Crippen molar-refractivity contribution in [2.24, 2.45) is 46.8 Å². The van der Waals surface area contributed by atoms with Gasteiger partial charge < -0.3 is 9.84 Å². The van der Waals surface area contributed by atoms with Gasteiger partial charge in [0.1, 0.15) is 12.8 Å². The zero-order chi connectivity index (χ0) is 23.5. The number of aliphatic hydroxyl groups is 1. The number of carbonyl (C=O) groups is 1. The molecule has 0 saturated heterocycles. The number of halogens is 4. The zero-order valence-corrected chi connectivity index (χ0v) is 19.5. The Morgan fingerprint density at radius 2 is 1.75 bits per heavy atom. The van der Waals surface area contributed by atoms with E-state index in [0.29, 0.717) is 24.2 Å². The quantitative estimate of drug-likeness (QED) is 0.406. The molecule has 4 fully saturated rings. The first-order chi connectivity index (χ1) is 14.9. The second-order valence-corrected chi connectivity index (χ2v) is 11.6. The number of rotatable bonds is 4. The fraction of sp³-hybridized carbons (Fsp3) is 0.960. The molecular formula is C25H38F4O3. The minimum Gasteiger partial charge on any atom is -0.459 e. The molecule has 0 aromatic heterocycles. The predicted molar refractivity (Wildman–Crippen MR) is 112 cm³/mol. The Morgan fingerprint density at radius 3 is 2.38 bits per heavy atom. The first kappa shape index (κ1) is 24.3. The fourth-order valence-corrected chi connectivity index (χ4v) is 8.79. The van der Waals surface area contributed by atoms with Gasteiger partial charge >= 0.3 is 12.1 Å². The van der Waals surface area contributed by atoms with Crippen LogP contribution >= 0.6 is 0 Å². The van der Waals surface area contributed by atoms with Gasteiger partial charge in [0.2, 0.25) is 0 Å². The molecule has 7 heteroatoms. The maximum absolute atomic E-state index is 13.7. The first-order valence-electron chi connectivity index (χ1n) is 12.4. The van der Waals surface area contributed by atoms with Crippen LogP contribution in [0.2, 0.25) is 0 Å². The highest BCUT2D eigenvalue weighted by molar-refractivity contribution is 5.66. The molecule has 0 heterocycles. The molecule has 32 heavy (non-hydrogen) atoms. The van der Waals surface area contributed by atoms with Crippen molar-refractivity contribution >= 4 is 5.97 Å². The van der Waals surface area contributed by atoms with Crippen molar-refractivity contribution in [2.45, 2.75) is 96.4 Å². The molecule has 1 N–H and O–H groups in total. The van der Waals surface area contributed by atoms with Crippen LogP contribution in [-0.2, 0) is 9.53 Å². The highest BCUT2D eigenvalue weighted by Gasteiger charge is 2.62. The van der Waals surface area contributed by atoms with Crippen molar-refractivity contribution in [2.75, 3.05) is 6.67 Å². The van der Waals surface area contributed by atoms with Gasteiger partial charge in [-0.05, 0) is 105 Å². The lowest BCUT2D eigenvalue weighted by molar-refractivity contribution is -0.282. The van der Waals surface area contributed by atoms with E-state index >= 15 is 0 Å². The van der Waals surface area contributed by atoms with Gasteiger partial charge in [-0.2, -0.15) is 13.2 Å². The summed E-state index contributed by atoms with van der Waals surface area (Å²) < 4.78 is 59.3. The Bertz CT molecular complexity index is 712. The number of carbonyl (C=O) groups excluding carboxylic acids is 1. The monoisotopic (exact) mass is 462 g/mol. The van der Waals surface area contributed by atoms with Crippen LogP contribution in [0.5, 0.6) is 0 Å². The summed E-state index contributed by atoms with van der Waals surface area (Å²) in [5.41, 5.74) is -2.46. The summed E-state index contributed by atoms with van der Waals surface area (Å²) in [6.45, 7) is 4.98. The summed E-state index contributed by atoms with van der Waals surface area (Å²) in [6.07, 6.45) is 0.622. The van der Waals surface area contributed by atoms with Crippen LogP contribution in [-0.4, -0.2) is 35.6 Å². The standard InChI is InChI=1S/C25H38F4O3/c1-14(22(13-26)32-15(2)30)20-6-7-21-19-5-4-16-12-24(31,25(27,28)29)11-9-17(16)18(19)8-10-23(20,21)3/h14,16-22,31H,4-13H2,1-3H3/t14-,16+,17-,18+,19+,20+,21-,22+,23+,24+/m0/s1. The molecule has 10 atom stereocenters. The molecule has 0 spiro atoms. The summed E-state index contributed by atoms with van der Waals surface area (Å²) >= 11 is 0. The molecule has 4 rings (SSSR count). The van der Waals surface area contributed by atoms with Gasteiger partial charge in [0.05, 0.1) is 0 Å². The average Bonchev–Trinajstić information content (AvgIpc) is 3.07. The van der Waals surface area contributed by atoms with Gasteiger partial charge in [0.25, 0.3) is 0 Å². The van der Waals surface area contributed by atoms with Crippen molar-refractivity contribution in [1.29, 1.82) is 0 Å². The van der Waals surface area contributed by atoms with E-state index in [4.69, 9.17) is 4.74 Å². The maximum atomic E-state index is 13.7. The average molecular weight is 463 g/mol. The highest BCUT2D eigenvalue weighted by atomic mass is 19.4. The predicted octanol–water partition coefficient (Wildman–Crippen LogP) is 6.09. The number of alkyl halides is 4. The van der Waals surface area contributed by atoms with Crippen LogP contribution < -0.4 is 0 Å². The van der Waals surface area contributed by atoms with Crippen molar-refractivity contribution in [3.63, 3.8) is 0 Å². The SMILES string of the molecule is CC(=O)O[C@H](CF)[C@@H](C)[C@H]1CC[C@H]2[C@@H]3CC[C@@H]4C[C@@](O)(C(F)(F)F)CC[C@@H]4[C@H]3CC[C@]12C. The van der Waals surface area contributed by atoms with Crippen LogP contribution in [0.1, 0.15) is 78.6 Å². The second-order valence-electron chi connectivity index (χ2n) is 11.6. The van der Waals surface area contributed by atoms with Crippen LogP contribution in [0, 0.1) is 46.8 Å². The van der Waals surface area contributed by atoms with E-state index in [-0.39, 0.29) is 41.9 Å². The number of hydrogen-bond acceptors (Lipinski definition) is 3. The molecule has 0 bridgehead atoms. The fourth-order valence-electron chi connectivity index (χ4n) is 8.79. The largest absolute Gasteiger partial charge is 0.459 e. The number of esters is 1. The first-order valence-corrected chi connectivity index (χ1v) is 12.4. The minimum absolute atomic E-state index is 0.0445. The van der Waals surface area contributed by atoms with Crippen molar-refractivity contribution < 1.29 is 32.2 Å². The Kier molecular flexibility index (Phi) is 6.39. The van der Waals surface area contributed by atoms with Gasteiger partial charge in [-0.1, -0.05) is 13.8 Å². The molecule has 0 aromatic rings. The molecule has 4 saturated carbocycles. The van der Waals surface area contributed by atoms with E-state index < -0.39 is 30.5 Å². The maximum Gasteiger partial charge on any atom is 0.417 e. The summed E-state index contributed by atoms with van der Waals surface area (Å²) in [7, 11) is 0. The molecule has 4 aliphatic carbocycles. The van der Waals surface area contributed by atoms with Gasteiger partial charge in [-0.15, -0.1) is 0 Å². The lowest BCUT2D eigenvalue weighted by Crippen LogP contribution is -2.55. The molecule has 4 aliphatic rings. The molecule has 0 aromatic carbocycles. The Balaban J connectivity index is 1.48. The molecule has 0 radical (unpaired) electrons. The third-order valence-electron chi connectivity index (χ3n) is 10.3. The minimum atomic E-state index is -4.55. The number of hydrogen-bond donors (Lipinski definition) is 1. The van der Waals surface area contributed by atoms with Crippen LogP contribution in [0.15, 0.2) is 0 Å².